The summed E-state index contributed by atoms with van der Waals surface area (Å²) in [7, 11) is 0. The number of hydrogen-bond donors (Lipinski definition) is 0. The van der Waals surface area contributed by atoms with Gasteiger partial charge in [-0.05, 0) is 291 Å². The van der Waals surface area contributed by atoms with Crippen molar-refractivity contribution in [1.29, 1.82) is 0 Å². The minimum Gasteiger partial charge on any atom is -0.309 e. The molecule has 2 nitrogen and oxygen atoms in total. The van der Waals surface area contributed by atoms with Gasteiger partial charge in [-0.2, -0.15) is 0 Å². The summed E-state index contributed by atoms with van der Waals surface area (Å²) in [6.45, 7) is 31.5. The molecule has 103 heavy (non-hydrogen) atoms. The molecule has 0 N–H and O–H groups in total. The van der Waals surface area contributed by atoms with Gasteiger partial charge >= 0.3 is 0 Å². The minimum absolute atomic E-state index is 0.308. The van der Waals surface area contributed by atoms with E-state index in [2.05, 4.69) is 398 Å². The number of para-hydroxylation sites is 4. The third kappa shape index (κ3) is 13.4. The number of nitrogens with zero attached hydrogens (tertiary/aromatic N) is 2. The number of anilines is 6. The molecule has 0 aliphatic heterocycles. The van der Waals surface area contributed by atoms with Gasteiger partial charge in [0.25, 0.3) is 0 Å². The highest BCUT2D eigenvalue weighted by atomic mass is 15.2. The summed E-state index contributed by atoms with van der Waals surface area (Å²) in [6, 6.07) is 110. The van der Waals surface area contributed by atoms with Crippen molar-refractivity contribution in [2.24, 2.45) is 0 Å². The van der Waals surface area contributed by atoms with E-state index >= 15 is 0 Å². The number of benzene rings is 14. The van der Waals surface area contributed by atoms with E-state index in [4.69, 9.17) is 0 Å². The van der Waals surface area contributed by atoms with Gasteiger partial charge in [0.15, 0.2) is 0 Å². The van der Waals surface area contributed by atoms with Crippen molar-refractivity contribution in [3.63, 3.8) is 0 Å². The summed E-state index contributed by atoms with van der Waals surface area (Å²) in [4.78, 5) is 5.03. The maximum atomic E-state index is 2.51. The van der Waals surface area contributed by atoms with Gasteiger partial charge in [0, 0.05) is 39.0 Å². The molecule has 2 heteroatoms. The molecule has 0 aliphatic rings. The summed E-state index contributed by atoms with van der Waals surface area (Å²) < 4.78 is 0. The van der Waals surface area contributed by atoms with Crippen LogP contribution in [-0.2, 0) is 5.41 Å². The molecule has 0 radical (unpaired) electrons. The lowest BCUT2D eigenvalue weighted by Gasteiger charge is -2.35. The van der Waals surface area contributed by atoms with Crippen LogP contribution in [0.2, 0.25) is 0 Å². The first-order chi connectivity index (χ1) is 49.9. The average molecular weight is 1340 g/mol. The lowest BCUT2D eigenvalue weighted by atomic mass is 9.70. The third-order valence-electron chi connectivity index (χ3n) is 21.7. The normalized spacial score (nSPS) is 11.5. The highest BCUT2D eigenvalue weighted by Gasteiger charge is 2.33. The molecule has 0 aromatic heterocycles. The Morgan fingerprint density at radius 3 is 0.631 bits per heavy atom. The first-order valence-electron chi connectivity index (χ1n) is 36.8. The van der Waals surface area contributed by atoms with Gasteiger partial charge in [-0.3, -0.25) is 0 Å². The zero-order chi connectivity index (χ0) is 71.8. The standard InChI is InChI=1S/C101H94N2/c1-15-101(16-2,85-45-49-87(50-46-85)102(93-41-21-17-37-89(93)77-29-25-33-81(61-77)97-69(7)53-65(3)54-70(97)8)94-42-22-18-38-90(94)78-30-26-34-82(62-78)98-71(9)55-66(4)56-72(98)10)86-47-51-88(52-48-86)103(95-43-23-19-39-91(95)79-31-27-35-83(63-79)99-73(11)57-67(5)58-74(99)12)96-44-24-20-40-92(96)80-32-28-36-84(64-80)100-75(13)59-68(6)60-76(100)14/h17-64H,15-16H2,1-14H3. The monoisotopic (exact) mass is 1330 g/mol. The molecule has 0 amide bonds. The number of rotatable bonds is 18. The Labute approximate surface area is 613 Å². The fourth-order valence-corrected chi connectivity index (χ4v) is 17.5. The van der Waals surface area contributed by atoms with Crippen LogP contribution in [0.3, 0.4) is 0 Å². The largest absolute Gasteiger partial charge is 0.309 e. The van der Waals surface area contributed by atoms with Crippen LogP contribution >= 0.6 is 0 Å². The quantitative estimate of drug-likeness (QED) is 0.0845. The van der Waals surface area contributed by atoms with E-state index in [-0.39, 0.29) is 5.41 Å². The summed E-state index contributed by atoms with van der Waals surface area (Å²) >= 11 is 0. The van der Waals surface area contributed by atoms with Crippen molar-refractivity contribution >= 4 is 34.1 Å². The van der Waals surface area contributed by atoms with Crippen molar-refractivity contribution < 1.29 is 0 Å². The molecule has 0 fully saturated rings. The SMILES string of the molecule is CCC(CC)(c1ccc(N(c2ccccc2-c2cccc(-c3c(C)cc(C)cc3C)c2)c2ccccc2-c2cccc(-c3c(C)cc(C)cc3C)c2)cc1)c1ccc(N(c2ccccc2-c2cccc(-c3c(C)cc(C)cc3C)c2)c2ccccc2-c2cccc(-c3c(C)cc(C)cc3C)c2)cc1. The lowest BCUT2D eigenvalue weighted by Crippen LogP contribution is -2.26. The first kappa shape index (κ1) is 68.8. The van der Waals surface area contributed by atoms with Crippen LogP contribution in [-0.4, -0.2) is 0 Å². The van der Waals surface area contributed by atoms with Crippen LogP contribution in [0.25, 0.3) is 89.0 Å². The predicted octanol–water partition coefficient (Wildman–Crippen LogP) is 28.8. The van der Waals surface area contributed by atoms with Crippen molar-refractivity contribution in [1.82, 2.24) is 0 Å². The van der Waals surface area contributed by atoms with Gasteiger partial charge in [0.05, 0.1) is 22.7 Å². The van der Waals surface area contributed by atoms with Crippen LogP contribution in [0.15, 0.2) is 291 Å². The molecule has 0 saturated carbocycles. The molecule has 14 aromatic carbocycles. The van der Waals surface area contributed by atoms with Crippen LogP contribution in [0.1, 0.15) is 105 Å². The Hall–Kier alpha value is -11.3. The summed E-state index contributed by atoms with van der Waals surface area (Å²) in [5.41, 5.74) is 43.6. The van der Waals surface area contributed by atoms with Crippen molar-refractivity contribution in [2.45, 2.75) is 115 Å². The zero-order valence-corrected chi connectivity index (χ0v) is 62.5. The maximum Gasteiger partial charge on any atom is 0.0540 e. The summed E-state index contributed by atoms with van der Waals surface area (Å²) in [6.07, 6.45) is 1.82. The Kier molecular flexibility index (Phi) is 19.3. The molecule has 508 valence electrons. The van der Waals surface area contributed by atoms with Crippen LogP contribution < -0.4 is 9.80 Å². The maximum absolute atomic E-state index is 2.51. The molecule has 0 saturated heterocycles. The average Bonchev–Trinajstić information content (AvgIpc) is 0.764. The molecular weight excluding hydrogens is 1240 g/mol. The van der Waals surface area contributed by atoms with Gasteiger partial charge in [0.1, 0.15) is 0 Å². The topological polar surface area (TPSA) is 6.48 Å². The fourth-order valence-electron chi connectivity index (χ4n) is 17.5. The second kappa shape index (κ2) is 29.0. The van der Waals surface area contributed by atoms with Gasteiger partial charge in [-0.15, -0.1) is 0 Å². The highest BCUT2D eigenvalue weighted by Crippen LogP contribution is 2.51. The van der Waals surface area contributed by atoms with E-state index in [0.29, 0.717) is 0 Å². The Bertz CT molecular complexity index is 4780. The summed E-state index contributed by atoms with van der Waals surface area (Å²) in [5.74, 6) is 0. The minimum atomic E-state index is -0.308. The molecular formula is C101H94N2. The molecule has 0 aliphatic carbocycles. The van der Waals surface area contributed by atoms with Gasteiger partial charge < -0.3 is 9.80 Å². The van der Waals surface area contributed by atoms with Crippen LogP contribution in [0.5, 0.6) is 0 Å². The van der Waals surface area contributed by atoms with Crippen molar-refractivity contribution in [3.05, 3.63) is 369 Å². The van der Waals surface area contributed by atoms with E-state index in [1.165, 1.54) is 145 Å². The Morgan fingerprint density at radius 1 is 0.214 bits per heavy atom. The fraction of sp³-hybridized carbons (Fsp3) is 0.168. The number of hydrogen-bond acceptors (Lipinski definition) is 2. The summed E-state index contributed by atoms with van der Waals surface area (Å²) in [5, 5.41) is 0. The predicted molar refractivity (Wildman–Crippen MR) is 444 cm³/mol. The van der Waals surface area contributed by atoms with Gasteiger partial charge in [-0.25, -0.2) is 0 Å². The molecule has 0 atom stereocenters. The van der Waals surface area contributed by atoms with Crippen LogP contribution in [0, 0.1) is 83.1 Å². The van der Waals surface area contributed by atoms with Crippen LogP contribution in [0.4, 0.5) is 34.1 Å². The van der Waals surface area contributed by atoms with E-state index in [1.807, 2.05) is 0 Å². The smallest absolute Gasteiger partial charge is 0.0540 e. The molecule has 0 heterocycles. The second-order valence-electron chi connectivity index (χ2n) is 29.0. The lowest BCUT2D eigenvalue weighted by molar-refractivity contribution is 0.478. The zero-order valence-electron chi connectivity index (χ0n) is 62.5. The molecule has 0 bridgehead atoms. The second-order valence-corrected chi connectivity index (χ2v) is 29.0. The Morgan fingerprint density at radius 2 is 0.417 bits per heavy atom. The van der Waals surface area contributed by atoms with E-state index in [0.717, 1.165) is 69.2 Å². The molecule has 14 aromatic rings. The van der Waals surface area contributed by atoms with E-state index in [1.54, 1.807) is 0 Å². The van der Waals surface area contributed by atoms with Crippen molar-refractivity contribution in [3.8, 4) is 89.0 Å². The van der Waals surface area contributed by atoms with E-state index in [9.17, 15) is 0 Å². The van der Waals surface area contributed by atoms with Gasteiger partial charge in [0.2, 0.25) is 0 Å². The Balaban J connectivity index is 0.898. The van der Waals surface area contributed by atoms with Crippen molar-refractivity contribution in [2.75, 3.05) is 9.80 Å². The van der Waals surface area contributed by atoms with E-state index < -0.39 is 0 Å². The molecule has 0 spiro atoms. The first-order valence-corrected chi connectivity index (χ1v) is 36.8. The van der Waals surface area contributed by atoms with Gasteiger partial charge in [-0.1, -0.05) is 254 Å². The molecule has 14 rings (SSSR count). The highest BCUT2D eigenvalue weighted by molar-refractivity contribution is 5.97. The third-order valence-corrected chi connectivity index (χ3v) is 21.7. The molecule has 0 unspecified atom stereocenters. The number of aryl methyl sites for hydroxylation is 12.